The summed E-state index contributed by atoms with van der Waals surface area (Å²) in [5.74, 6) is -2.96. The third-order valence-electron chi connectivity index (χ3n) is 6.79. The van der Waals surface area contributed by atoms with Crippen LogP contribution < -0.4 is 20.5 Å². The van der Waals surface area contributed by atoms with Gasteiger partial charge in [-0.1, -0.05) is 5.16 Å². The first-order chi connectivity index (χ1) is 18.2. The summed E-state index contributed by atoms with van der Waals surface area (Å²) in [4.78, 5) is 57.6. The number of anilines is 2. The molecule has 3 amide bonds. The van der Waals surface area contributed by atoms with E-state index in [2.05, 4.69) is 15.5 Å². The van der Waals surface area contributed by atoms with Crippen LogP contribution in [0.5, 0.6) is 0 Å². The van der Waals surface area contributed by atoms with Crippen LogP contribution in [0.1, 0.15) is 25.0 Å². The number of aryl methyl sites for hydroxylation is 1. The van der Waals surface area contributed by atoms with Crippen LogP contribution in [0.2, 0.25) is 0 Å². The number of nitrogen functional groups attached to an aromatic ring is 1. The molecule has 0 spiro atoms. The van der Waals surface area contributed by atoms with Crippen molar-refractivity contribution in [3.05, 3.63) is 58.5 Å². The summed E-state index contributed by atoms with van der Waals surface area (Å²) in [6.07, 6.45) is 6.36. The molecule has 3 aliphatic rings. The first-order valence-electron chi connectivity index (χ1n) is 11.7. The Hall–Kier alpha value is -4.59. The molecule has 0 radical (unpaired) electrons. The van der Waals surface area contributed by atoms with E-state index in [4.69, 9.17) is 5.73 Å². The second-order valence-corrected chi connectivity index (χ2v) is 9.95. The molecule has 2 aromatic rings. The molecule has 5 N–H and O–H groups in total. The highest BCUT2D eigenvalue weighted by Crippen LogP contribution is 2.38. The maximum absolute atomic E-state index is 13.1. The van der Waals surface area contributed by atoms with Crippen LogP contribution in [0.15, 0.2) is 58.0 Å². The zero-order valence-corrected chi connectivity index (χ0v) is 21.0. The average molecular weight is 539 g/mol. The fourth-order valence-electron chi connectivity index (χ4n) is 4.93. The molecule has 0 bridgehead atoms. The molecule has 5 heterocycles. The second kappa shape index (κ2) is 9.70. The quantitative estimate of drug-likeness (QED) is 0.0983. The number of fused-ring (bicyclic) bond motifs is 1. The van der Waals surface area contributed by atoms with Gasteiger partial charge in [0.15, 0.2) is 23.2 Å². The van der Waals surface area contributed by atoms with Crippen LogP contribution in [-0.4, -0.2) is 68.2 Å². The zero-order valence-electron chi connectivity index (χ0n) is 20.2. The Balaban J connectivity index is 1.35. The molecular formula is C24H24N7O6S+. The summed E-state index contributed by atoms with van der Waals surface area (Å²) in [6, 6.07) is 2.07. The predicted molar refractivity (Wildman–Crippen MR) is 134 cm³/mol. The number of amides is 3. The predicted octanol–water partition coefficient (Wildman–Crippen LogP) is -0.0805. The minimum absolute atomic E-state index is 0.0551. The Kier molecular flexibility index (Phi) is 6.40. The van der Waals surface area contributed by atoms with Crippen LogP contribution in [-0.2, 0) is 26.2 Å². The van der Waals surface area contributed by atoms with E-state index < -0.39 is 35.6 Å². The first kappa shape index (κ1) is 25.1. The van der Waals surface area contributed by atoms with Gasteiger partial charge < -0.3 is 26.3 Å². The topological polar surface area (TPSA) is 182 Å². The van der Waals surface area contributed by atoms with E-state index in [0.29, 0.717) is 37.0 Å². The van der Waals surface area contributed by atoms with E-state index in [1.54, 1.807) is 11.0 Å². The molecule has 2 fully saturated rings. The number of oxime groups is 1. The molecule has 38 heavy (non-hydrogen) atoms. The van der Waals surface area contributed by atoms with Crippen LogP contribution in [0, 0.1) is 0 Å². The number of pyridine rings is 1. The normalized spacial score (nSPS) is 22.6. The van der Waals surface area contributed by atoms with Gasteiger partial charge in [0.25, 0.3) is 17.7 Å². The first-order valence-corrected chi connectivity index (χ1v) is 12.6. The molecule has 13 nitrogen and oxygen atoms in total. The van der Waals surface area contributed by atoms with E-state index in [1.165, 1.54) is 5.38 Å². The molecule has 5 rings (SSSR count). The van der Waals surface area contributed by atoms with Crippen molar-refractivity contribution in [1.29, 1.82) is 0 Å². The Bertz CT molecular complexity index is 1440. The van der Waals surface area contributed by atoms with E-state index in [9.17, 15) is 29.5 Å². The van der Waals surface area contributed by atoms with Crippen molar-refractivity contribution in [3.63, 3.8) is 0 Å². The summed E-state index contributed by atoms with van der Waals surface area (Å²) in [6.45, 7) is 0.465. The van der Waals surface area contributed by atoms with Gasteiger partial charge in [0.2, 0.25) is 0 Å². The average Bonchev–Trinajstić information content (AvgIpc) is 3.48. The number of nitrogens with two attached hydrogens (primary N) is 1. The SMILES string of the molecule is C[n+]1ccc(N2CCC(=CC3=C(C(=O)O)N4C(=O)[C@@H](NC(=O)/C(=N\O)c5csc(N)n5)[C@H]4CC3)C2=O)cc1. The third-order valence-corrected chi connectivity index (χ3v) is 7.46. The van der Waals surface area contributed by atoms with Gasteiger partial charge in [-0.25, -0.2) is 14.3 Å². The minimum atomic E-state index is -1.30. The summed E-state index contributed by atoms with van der Waals surface area (Å²) >= 11 is 1.05. The monoisotopic (exact) mass is 538 g/mol. The zero-order chi connectivity index (χ0) is 27.1. The Morgan fingerprint density at radius 3 is 2.66 bits per heavy atom. The molecule has 14 heteroatoms. The van der Waals surface area contributed by atoms with Gasteiger partial charge in [0.1, 0.15) is 24.5 Å². The number of nitrogens with zero attached hydrogens (tertiary/aromatic N) is 5. The number of rotatable bonds is 6. The fourth-order valence-corrected chi connectivity index (χ4v) is 5.48. The van der Waals surface area contributed by atoms with Crippen LogP contribution in [0.3, 0.4) is 0 Å². The smallest absolute Gasteiger partial charge is 0.352 e. The Labute approximate surface area is 220 Å². The van der Waals surface area contributed by atoms with Crippen LogP contribution in [0.25, 0.3) is 0 Å². The van der Waals surface area contributed by atoms with Gasteiger partial charge in [0.05, 0.1) is 11.7 Å². The van der Waals surface area contributed by atoms with Gasteiger partial charge in [-0.05, 0) is 30.9 Å². The molecule has 0 unspecified atom stereocenters. The van der Waals surface area contributed by atoms with Crippen molar-refractivity contribution in [2.24, 2.45) is 12.2 Å². The van der Waals surface area contributed by atoms with Crippen molar-refractivity contribution in [1.82, 2.24) is 15.2 Å². The highest BCUT2D eigenvalue weighted by Gasteiger charge is 2.53. The number of thiazole rings is 1. The number of aromatic nitrogens is 2. The second-order valence-electron chi connectivity index (χ2n) is 9.06. The van der Waals surface area contributed by atoms with Crippen LogP contribution >= 0.6 is 11.3 Å². The molecule has 0 aromatic carbocycles. The van der Waals surface area contributed by atoms with E-state index >= 15 is 0 Å². The van der Waals surface area contributed by atoms with Gasteiger partial charge in [-0.15, -0.1) is 11.3 Å². The third kappa shape index (κ3) is 4.28. The number of carbonyl (C=O) groups is 4. The number of nitrogens with one attached hydrogen (secondary N) is 1. The van der Waals surface area contributed by atoms with Gasteiger partial charge >= 0.3 is 5.97 Å². The van der Waals surface area contributed by atoms with E-state index in [0.717, 1.165) is 21.9 Å². The standard InChI is InChI=1S/C24H23N7O6S/c1-29-7-5-14(6-8-29)30-9-4-13(21(30)33)10-12-2-3-16-18(22(34)31(16)19(12)23(35)36)27-20(32)17(28-37)15-11-38-24(25)26-15/h5-8,10-11,16,18H,2-4,9H2,1H3,(H4-,25,26,27,32,35,36,37)/p+1/t16-,18+/m1/s1. The van der Waals surface area contributed by atoms with E-state index in [1.807, 2.05) is 36.1 Å². The van der Waals surface area contributed by atoms with E-state index in [-0.39, 0.29) is 22.4 Å². The number of carboxylic acids is 1. The summed E-state index contributed by atoms with van der Waals surface area (Å²) in [5.41, 5.74) is 6.61. The number of hydrogen-bond acceptors (Lipinski definition) is 9. The lowest BCUT2D eigenvalue weighted by atomic mass is 9.82. The molecule has 2 atom stereocenters. The largest absolute Gasteiger partial charge is 0.477 e. The van der Waals surface area contributed by atoms with Crippen molar-refractivity contribution >= 4 is 51.6 Å². The fraction of sp³-hybridized carbons (Fsp3) is 0.292. The molecule has 2 aromatic heterocycles. The summed E-state index contributed by atoms with van der Waals surface area (Å²) in [7, 11) is 1.88. The number of carbonyl (C=O) groups excluding carboxylic acids is 3. The van der Waals surface area contributed by atoms with Crippen LogP contribution in [0.4, 0.5) is 10.8 Å². The van der Waals surface area contributed by atoms with Crippen molar-refractivity contribution in [3.8, 4) is 0 Å². The minimum Gasteiger partial charge on any atom is -0.477 e. The highest BCUT2D eigenvalue weighted by molar-refractivity contribution is 7.13. The molecular weight excluding hydrogens is 514 g/mol. The highest BCUT2D eigenvalue weighted by atomic mass is 32.1. The maximum Gasteiger partial charge on any atom is 0.352 e. The van der Waals surface area contributed by atoms with Gasteiger partial charge in [-0.3, -0.25) is 19.3 Å². The van der Waals surface area contributed by atoms with Crippen molar-refractivity contribution in [2.45, 2.75) is 31.3 Å². The molecule has 196 valence electrons. The van der Waals surface area contributed by atoms with Crippen molar-refractivity contribution in [2.75, 3.05) is 17.2 Å². The van der Waals surface area contributed by atoms with Crippen molar-refractivity contribution < 1.29 is 34.1 Å². The maximum atomic E-state index is 13.1. The lowest BCUT2D eigenvalue weighted by Gasteiger charge is -2.50. The number of carboxylic acid groups (broad SMARTS) is 1. The summed E-state index contributed by atoms with van der Waals surface area (Å²) in [5, 5.41) is 26.4. The van der Waals surface area contributed by atoms with Gasteiger partial charge in [-0.2, -0.15) is 0 Å². The number of hydrogen-bond donors (Lipinski definition) is 4. The lowest BCUT2D eigenvalue weighted by Crippen LogP contribution is -2.72. The van der Waals surface area contributed by atoms with Gasteiger partial charge in [0, 0.05) is 29.6 Å². The number of allylic oxidation sites excluding steroid dienone is 2. The Morgan fingerprint density at radius 1 is 1.29 bits per heavy atom. The number of aliphatic carboxylic acids is 1. The summed E-state index contributed by atoms with van der Waals surface area (Å²) < 4.78 is 1.86. The molecule has 3 aliphatic heterocycles. The molecule has 0 saturated carbocycles. The Morgan fingerprint density at radius 2 is 2.03 bits per heavy atom. The number of β-lactam (4-membered cyclic amide) rings is 1. The molecule has 2 saturated heterocycles. The lowest BCUT2D eigenvalue weighted by molar-refractivity contribution is -0.671. The molecule has 0 aliphatic carbocycles.